The van der Waals surface area contributed by atoms with Gasteiger partial charge in [-0.25, -0.2) is 8.78 Å². The maximum Gasteiger partial charge on any atom is 0.272 e. The summed E-state index contributed by atoms with van der Waals surface area (Å²) in [5.74, 6) is -1.36. The molecule has 0 aliphatic heterocycles. The third-order valence-corrected chi connectivity index (χ3v) is 3.23. The van der Waals surface area contributed by atoms with Gasteiger partial charge >= 0.3 is 0 Å². The van der Waals surface area contributed by atoms with Gasteiger partial charge in [-0.2, -0.15) is 0 Å². The number of nitrogens with one attached hydrogen (secondary N) is 1. The lowest BCUT2D eigenvalue weighted by Crippen LogP contribution is -2.09. The molecule has 0 aromatic heterocycles. The molecule has 1 N–H and O–H groups in total. The van der Waals surface area contributed by atoms with E-state index in [1.54, 1.807) is 26.0 Å². The molecule has 4 nitrogen and oxygen atoms in total. The molecule has 0 spiro atoms. The first kappa shape index (κ1) is 14.9. The van der Waals surface area contributed by atoms with Crippen LogP contribution in [0.3, 0.4) is 0 Å². The van der Waals surface area contributed by atoms with Crippen LogP contribution in [0.1, 0.15) is 24.1 Å². The van der Waals surface area contributed by atoms with Crippen LogP contribution in [0.5, 0.6) is 0 Å². The summed E-state index contributed by atoms with van der Waals surface area (Å²) in [6, 6.07) is 7.71. The minimum Gasteiger partial charge on any atom is -0.376 e. The number of nitro benzene ring substituents is 1. The second-order valence-electron chi connectivity index (χ2n) is 4.79. The Bertz CT molecular complexity index is 689. The quantitative estimate of drug-likeness (QED) is 0.673. The average molecular weight is 292 g/mol. The van der Waals surface area contributed by atoms with Crippen molar-refractivity contribution in [3.63, 3.8) is 0 Å². The highest BCUT2D eigenvalue weighted by Crippen LogP contribution is 2.26. The molecule has 0 amide bonds. The van der Waals surface area contributed by atoms with Gasteiger partial charge in [0, 0.05) is 23.7 Å². The summed E-state index contributed by atoms with van der Waals surface area (Å²) in [5, 5.41) is 13.8. The van der Waals surface area contributed by atoms with Crippen molar-refractivity contribution in [2.45, 2.75) is 19.9 Å². The van der Waals surface area contributed by atoms with Crippen molar-refractivity contribution in [2.75, 3.05) is 5.32 Å². The molecule has 110 valence electrons. The van der Waals surface area contributed by atoms with Gasteiger partial charge in [-0.1, -0.05) is 12.1 Å². The van der Waals surface area contributed by atoms with Crippen LogP contribution >= 0.6 is 0 Å². The van der Waals surface area contributed by atoms with Gasteiger partial charge in [0.2, 0.25) is 0 Å². The molecule has 2 rings (SSSR count). The first-order valence-corrected chi connectivity index (χ1v) is 6.35. The standard InChI is InChI=1S/C15H14F2N2O2/c1-9-3-4-11(7-15(9)19(20)21)10(2)18-14-6-5-12(16)8-13(14)17/h3-8,10,18H,1-2H3. The topological polar surface area (TPSA) is 55.2 Å². The normalized spacial score (nSPS) is 12.0. The zero-order valence-corrected chi connectivity index (χ0v) is 11.6. The number of hydrogen-bond acceptors (Lipinski definition) is 3. The van der Waals surface area contributed by atoms with E-state index >= 15 is 0 Å². The fourth-order valence-corrected chi connectivity index (χ4v) is 2.02. The summed E-state index contributed by atoms with van der Waals surface area (Å²) in [7, 11) is 0. The van der Waals surface area contributed by atoms with E-state index in [0.29, 0.717) is 11.1 Å². The Hall–Kier alpha value is -2.50. The Balaban J connectivity index is 2.26. The van der Waals surface area contributed by atoms with Crippen molar-refractivity contribution >= 4 is 11.4 Å². The van der Waals surface area contributed by atoms with Crippen molar-refractivity contribution in [3.05, 3.63) is 69.3 Å². The molecule has 2 aromatic rings. The molecule has 0 saturated carbocycles. The SMILES string of the molecule is Cc1ccc(C(C)Nc2ccc(F)cc2F)cc1[N+](=O)[O-]. The van der Waals surface area contributed by atoms with E-state index in [2.05, 4.69) is 5.32 Å². The highest BCUT2D eigenvalue weighted by atomic mass is 19.1. The van der Waals surface area contributed by atoms with Crippen LogP contribution in [-0.4, -0.2) is 4.92 Å². The Morgan fingerprint density at radius 1 is 1.19 bits per heavy atom. The van der Waals surface area contributed by atoms with Crippen LogP contribution in [0.4, 0.5) is 20.2 Å². The largest absolute Gasteiger partial charge is 0.376 e. The van der Waals surface area contributed by atoms with E-state index < -0.39 is 16.6 Å². The molecule has 1 atom stereocenters. The predicted octanol–water partition coefficient (Wildman–Crippen LogP) is 4.35. The molecular formula is C15H14F2N2O2. The number of hydrogen-bond donors (Lipinski definition) is 1. The Labute approximate surface area is 120 Å². The van der Waals surface area contributed by atoms with Gasteiger partial charge in [0.05, 0.1) is 10.6 Å². The van der Waals surface area contributed by atoms with Gasteiger partial charge < -0.3 is 5.32 Å². The van der Waals surface area contributed by atoms with E-state index in [4.69, 9.17) is 0 Å². The van der Waals surface area contributed by atoms with Crippen LogP contribution in [0, 0.1) is 28.7 Å². The number of aryl methyl sites for hydroxylation is 1. The maximum absolute atomic E-state index is 13.6. The fourth-order valence-electron chi connectivity index (χ4n) is 2.02. The van der Waals surface area contributed by atoms with Crippen molar-refractivity contribution in [1.29, 1.82) is 0 Å². The molecular weight excluding hydrogens is 278 g/mol. The Morgan fingerprint density at radius 3 is 2.52 bits per heavy atom. The fraction of sp³-hybridized carbons (Fsp3) is 0.200. The van der Waals surface area contributed by atoms with Crippen LogP contribution in [0.25, 0.3) is 0 Å². The lowest BCUT2D eigenvalue weighted by molar-refractivity contribution is -0.385. The molecule has 0 bridgehead atoms. The molecule has 6 heteroatoms. The molecule has 0 heterocycles. The summed E-state index contributed by atoms with van der Waals surface area (Å²) in [6.45, 7) is 3.40. The lowest BCUT2D eigenvalue weighted by Gasteiger charge is -2.16. The number of nitro groups is 1. The van der Waals surface area contributed by atoms with Crippen LogP contribution in [0.15, 0.2) is 36.4 Å². The molecule has 0 aliphatic rings. The minimum atomic E-state index is -0.705. The monoisotopic (exact) mass is 292 g/mol. The number of halogens is 2. The zero-order chi connectivity index (χ0) is 15.6. The molecule has 1 unspecified atom stereocenters. The number of nitrogens with zero attached hydrogens (tertiary/aromatic N) is 1. The Kier molecular flexibility index (Phi) is 4.16. The summed E-state index contributed by atoms with van der Waals surface area (Å²) < 4.78 is 26.4. The number of anilines is 1. The first-order chi connectivity index (χ1) is 9.88. The van der Waals surface area contributed by atoms with Crippen molar-refractivity contribution in [2.24, 2.45) is 0 Å². The second kappa shape index (κ2) is 5.87. The average Bonchev–Trinajstić information content (AvgIpc) is 2.42. The minimum absolute atomic E-state index is 0.0146. The van der Waals surface area contributed by atoms with Gasteiger partial charge in [-0.15, -0.1) is 0 Å². The molecule has 0 radical (unpaired) electrons. The number of rotatable bonds is 4. The van der Waals surface area contributed by atoms with Gasteiger partial charge in [0.1, 0.15) is 11.6 Å². The van der Waals surface area contributed by atoms with E-state index in [9.17, 15) is 18.9 Å². The number of benzene rings is 2. The van der Waals surface area contributed by atoms with Crippen molar-refractivity contribution in [1.82, 2.24) is 0 Å². The summed E-state index contributed by atoms with van der Waals surface area (Å²) >= 11 is 0. The van der Waals surface area contributed by atoms with E-state index in [1.165, 1.54) is 12.1 Å². The summed E-state index contributed by atoms with van der Waals surface area (Å²) in [4.78, 5) is 10.5. The second-order valence-corrected chi connectivity index (χ2v) is 4.79. The molecule has 2 aromatic carbocycles. The zero-order valence-electron chi connectivity index (χ0n) is 11.6. The Morgan fingerprint density at radius 2 is 1.90 bits per heavy atom. The van der Waals surface area contributed by atoms with E-state index in [0.717, 1.165) is 12.1 Å². The molecule has 21 heavy (non-hydrogen) atoms. The highest BCUT2D eigenvalue weighted by Gasteiger charge is 2.15. The van der Waals surface area contributed by atoms with Crippen LogP contribution in [-0.2, 0) is 0 Å². The van der Waals surface area contributed by atoms with Gasteiger partial charge in [-0.05, 0) is 31.5 Å². The van der Waals surface area contributed by atoms with E-state index in [1.807, 2.05) is 0 Å². The summed E-state index contributed by atoms with van der Waals surface area (Å²) in [6.07, 6.45) is 0. The van der Waals surface area contributed by atoms with Gasteiger partial charge in [0.15, 0.2) is 0 Å². The predicted molar refractivity (Wildman–Crippen MR) is 76.2 cm³/mol. The first-order valence-electron chi connectivity index (χ1n) is 6.35. The molecule has 0 fully saturated rings. The smallest absolute Gasteiger partial charge is 0.272 e. The molecule has 0 aliphatic carbocycles. The van der Waals surface area contributed by atoms with Crippen LogP contribution < -0.4 is 5.32 Å². The third kappa shape index (κ3) is 3.34. The van der Waals surface area contributed by atoms with Gasteiger partial charge in [-0.3, -0.25) is 10.1 Å². The van der Waals surface area contributed by atoms with E-state index in [-0.39, 0.29) is 17.4 Å². The van der Waals surface area contributed by atoms with Crippen molar-refractivity contribution < 1.29 is 13.7 Å². The highest BCUT2D eigenvalue weighted by molar-refractivity contribution is 5.49. The van der Waals surface area contributed by atoms with Gasteiger partial charge in [0.25, 0.3) is 5.69 Å². The summed E-state index contributed by atoms with van der Waals surface area (Å²) in [5.41, 5.74) is 1.37. The molecule has 0 saturated heterocycles. The maximum atomic E-state index is 13.6. The lowest BCUT2D eigenvalue weighted by atomic mass is 10.0. The third-order valence-electron chi connectivity index (χ3n) is 3.23. The van der Waals surface area contributed by atoms with Crippen LogP contribution in [0.2, 0.25) is 0 Å². The van der Waals surface area contributed by atoms with Crippen molar-refractivity contribution in [3.8, 4) is 0 Å².